The molecule has 3 nitrogen and oxygen atoms in total. The lowest BCUT2D eigenvalue weighted by molar-refractivity contribution is 0.296. The number of benzene rings is 1. The fraction of sp³-hybridized carbons (Fsp3) is 0.500. The summed E-state index contributed by atoms with van der Waals surface area (Å²) in [5, 5.41) is 18.4. The Balaban J connectivity index is 3.19. The molecule has 0 aliphatic heterocycles. The van der Waals surface area contributed by atoms with Crippen molar-refractivity contribution in [3.05, 3.63) is 28.2 Å². The van der Waals surface area contributed by atoms with Crippen molar-refractivity contribution < 1.29 is 5.11 Å². The van der Waals surface area contributed by atoms with Crippen molar-refractivity contribution in [2.45, 2.75) is 32.7 Å². The van der Waals surface area contributed by atoms with Crippen LogP contribution < -0.4 is 4.90 Å². The van der Waals surface area contributed by atoms with E-state index < -0.39 is 0 Å². The predicted octanol–water partition coefficient (Wildman–Crippen LogP) is 3.31. The highest BCUT2D eigenvalue weighted by Crippen LogP contribution is 2.27. The number of aliphatic hydroxyl groups excluding tert-OH is 1. The van der Waals surface area contributed by atoms with Gasteiger partial charge in [-0.05, 0) is 31.0 Å². The molecule has 0 atom stereocenters. The molecule has 0 amide bonds. The van der Waals surface area contributed by atoms with Crippen LogP contribution in [0.1, 0.15) is 32.3 Å². The van der Waals surface area contributed by atoms with Crippen molar-refractivity contribution >= 4 is 21.6 Å². The molecule has 18 heavy (non-hydrogen) atoms. The molecule has 0 spiro atoms. The molecular formula is C14H19BrN2O. The van der Waals surface area contributed by atoms with E-state index in [-0.39, 0.29) is 6.61 Å². The van der Waals surface area contributed by atoms with Crippen LogP contribution in [0.2, 0.25) is 0 Å². The molecule has 4 heteroatoms. The first kappa shape index (κ1) is 15.0. The SMILES string of the molecule is CCC(CC)N(CCO)c1cc(Br)ccc1C#N. The maximum absolute atomic E-state index is 9.23. The minimum atomic E-state index is 0.0912. The van der Waals surface area contributed by atoms with Gasteiger partial charge in [0, 0.05) is 17.1 Å². The number of halogens is 1. The van der Waals surface area contributed by atoms with Gasteiger partial charge in [-0.3, -0.25) is 0 Å². The Bertz CT molecular complexity index is 424. The highest BCUT2D eigenvalue weighted by Gasteiger charge is 2.18. The molecule has 98 valence electrons. The second kappa shape index (κ2) is 7.40. The van der Waals surface area contributed by atoms with Gasteiger partial charge >= 0.3 is 0 Å². The molecule has 1 rings (SSSR count). The Morgan fingerprint density at radius 1 is 1.39 bits per heavy atom. The zero-order valence-electron chi connectivity index (χ0n) is 10.9. The third-order valence-corrected chi connectivity index (χ3v) is 3.61. The molecule has 1 aromatic carbocycles. The molecule has 0 heterocycles. The van der Waals surface area contributed by atoms with Crippen LogP contribution in [0.3, 0.4) is 0 Å². The average Bonchev–Trinajstić information content (AvgIpc) is 2.39. The summed E-state index contributed by atoms with van der Waals surface area (Å²) in [7, 11) is 0. The molecule has 1 aromatic rings. The quantitative estimate of drug-likeness (QED) is 0.877. The third-order valence-electron chi connectivity index (χ3n) is 3.11. The van der Waals surface area contributed by atoms with Crippen molar-refractivity contribution in [2.24, 2.45) is 0 Å². The second-order valence-corrected chi connectivity index (χ2v) is 5.08. The molecule has 0 aliphatic rings. The smallest absolute Gasteiger partial charge is 0.101 e. The number of anilines is 1. The van der Waals surface area contributed by atoms with E-state index in [1.165, 1.54) is 0 Å². The largest absolute Gasteiger partial charge is 0.395 e. The van der Waals surface area contributed by atoms with E-state index in [1.54, 1.807) is 0 Å². The molecule has 0 unspecified atom stereocenters. The Morgan fingerprint density at radius 2 is 2.06 bits per heavy atom. The maximum atomic E-state index is 9.23. The van der Waals surface area contributed by atoms with Crippen molar-refractivity contribution in [3.8, 4) is 6.07 Å². The minimum Gasteiger partial charge on any atom is -0.395 e. The van der Waals surface area contributed by atoms with Gasteiger partial charge in [-0.15, -0.1) is 0 Å². The lowest BCUT2D eigenvalue weighted by Gasteiger charge is -2.33. The number of aliphatic hydroxyl groups is 1. The molecule has 0 aliphatic carbocycles. The summed E-state index contributed by atoms with van der Waals surface area (Å²) in [5.41, 5.74) is 1.55. The average molecular weight is 311 g/mol. The number of nitriles is 1. The first-order chi connectivity index (χ1) is 8.67. The molecule has 0 radical (unpaired) electrons. The van der Waals surface area contributed by atoms with Crippen LogP contribution in [-0.2, 0) is 0 Å². The lowest BCUT2D eigenvalue weighted by Crippen LogP contribution is -2.37. The van der Waals surface area contributed by atoms with Gasteiger partial charge in [-0.1, -0.05) is 29.8 Å². The van der Waals surface area contributed by atoms with Crippen LogP contribution in [0.4, 0.5) is 5.69 Å². The van der Waals surface area contributed by atoms with E-state index in [0.717, 1.165) is 23.0 Å². The van der Waals surface area contributed by atoms with Crippen LogP contribution in [0, 0.1) is 11.3 Å². The Labute approximate surface area is 117 Å². The van der Waals surface area contributed by atoms with Gasteiger partial charge in [-0.25, -0.2) is 0 Å². The van der Waals surface area contributed by atoms with Crippen LogP contribution in [0.5, 0.6) is 0 Å². The van der Waals surface area contributed by atoms with Gasteiger partial charge in [0.2, 0.25) is 0 Å². The summed E-state index contributed by atoms with van der Waals surface area (Å²) in [6.45, 7) is 4.90. The van der Waals surface area contributed by atoms with E-state index >= 15 is 0 Å². The van der Waals surface area contributed by atoms with E-state index in [1.807, 2.05) is 18.2 Å². The van der Waals surface area contributed by atoms with Gasteiger partial charge in [-0.2, -0.15) is 5.26 Å². The molecule has 0 fully saturated rings. The normalized spacial score (nSPS) is 10.4. The monoisotopic (exact) mass is 310 g/mol. The van der Waals surface area contributed by atoms with Gasteiger partial charge in [0.15, 0.2) is 0 Å². The number of hydrogen-bond donors (Lipinski definition) is 1. The van der Waals surface area contributed by atoms with Crippen molar-refractivity contribution in [1.82, 2.24) is 0 Å². The van der Waals surface area contributed by atoms with Crippen LogP contribution in [0.15, 0.2) is 22.7 Å². The summed E-state index contributed by atoms with van der Waals surface area (Å²) in [4.78, 5) is 2.13. The molecular weight excluding hydrogens is 292 g/mol. The van der Waals surface area contributed by atoms with Crippen LogP contribution >= 0.6 is 15.9 Å². The van der Waals surface area contributed by atoms with Gasteiger partial charge in [0.25, 0.3) is 0 Å². The topological polar surface area (TPSA) is 47.3 Å². The summed E-state index contributed by atoms with van der Waals surface area (Å²) < 4.78 is 0.949. The maximum Gasteiger partial charge on any atom is 0.101 e. The van der Waals surface area contributed by atoms with Crippen molar-refractivity contribution in [3.63, 3.8) is 0 Å². The number of hydrogen-bond acceptors (Lipinski definition) is 3. The van der Waals surface area contributed by atoms with E-state index in [4.69, 9.17) is 0 Å². The first-order valence-corrected chi connectivity index (χ1v) is 7.04. The van der Waals surface area contributed by atoms with E-state index in [2.05, 4.69) is 40.7 Å². The zero-order valence-corrected chi connectivity index (χ0v) is 12.4. The third kappa shape index (κ3) is 3.47. The van der Waals surface area contributed by atoms with E-state index in [0.29, 0.717) is 18.2 Å². The van der Waals surface area contributed by atoms with Crippen molar-refractivity contribution in [1.29, 1.82) is 5.26 Å². The standard InChI is InChI=1S/C14H19BrN2O/c1-3-13(4-2)17(7-8-18)14-9-12(15)6-5-11(14)10-16/h5-6,9,13,18H,3-4,7-8H2,1-2H3. The first-order valence-electron chi connectivity index (χ1n) is 6.25. The number of nitrogens with zero attached hydrogens (tertiary/aromatic N) is 2. The Kier molecular flexibility index (Phi) is 6.17. The van der Waals surface area contributed by atoms with Gasteiger partial charge in [0.1, 0.15) is 6.07 Å². The summed E-state index contributed by atoms with van der Waals surface area (Å²) >= 11 is 3.44. The lowest BCUT2D eigenvalue weighted by atomic mass is 10.1. The molecule has 0 saturated heterocycles. The summed E-state index contributed by atoms with van der Waals surface area (Å²) in [5.74, 6) is 0. The second-order valence-electron chi connectivity index (χ2n) is 4.16. The minimum absolute atomic E-state index is 0.0912. The molecule has 0 aromatic heterocycles. The van der Waals surface area contributed by atoms with Crippen molar-refractivity contribution in [2.75, 3.05) is 18.1 Å². The van der Waals surface area contributed by atoms with E-state index in [9.17, 15) is 10.4 Å². The fourth-order valence-corrected chi connectivity index (χ4v) is 2.52. The Morgan fingerprint density at radius 3 is 2.56 bits per heavy atom. The highest BCUT2D eigenvalue weighted by atomic mass is 79.9. The zero-order chi connectivity index (χ0) is 13.5. The summed E-state index contributed by atoms with van der Waals surface area (Å²) in [6.07, 6.45) is 1.99. The van der Waals surface area contributed by atoms with Crippen LogP contribution in [0.25, 0.3) is 0 Å². The summed E-state index contributed by atoms with van der Waals surface area (Å²) in [6, 6.07) is 8.20. The molecule has 0 bridgehead atoms. The Hall–Kier alpha value is -1.05. The highest BCUT2D eigenvalue weighted by molar-refractivity contribution is 9.10. The molecule has 1 N–H and O–H groups in total. The van der Waals surface area contributed by atoms with Gasteiger partial charge < -0.3 is 10.0 Å². The fourth-order valence-electron chi connectivity index (χ4n) is 2.17. The predicted molar refractivity (Wildman–Crippen MR) is 77.7 cm³/mol. The molecule has 0 saturated carbocycles. The number of rotatable bonds is 6. The van der Waals surface area contributed by atoms with Gasteiger partial charge in [0.05, 0.1) is 17.9 Å². The van der Waals surface area contributed by atoms with Crippen LogP contribution in [-0.4, -0.2) is 24.3 Å².